The molecule has 2 N–H and O–H groups in total. The Balaban J connectivity index is 0.00000144. The number of rotatable bonds is 4. The van der Waals surface area contributed by atoms with Crippen LogP contribution in [0.2, 0.25) is 0 Å². The zero-order valence-corrected chi connectivity index (χ0v) is 10.5. The number of nitrogens with zero attached hydrogens (tertiary/aromatic N) is 1. The van der Waals surface area contributed by atoms with Crippen molar-refractivity contribution in [3.8, 4) is 5.75 Å². The smallest absolute Gasteiger partial charge is 0.165 e. The summed E-state index contributed by atoms with van der Waals surface area (Å²) in [5.41, 5.74) is 5.79. The summed E-state index contributed by atoms with van der Waals surface area (Å²) in [6.07, 6.45) is 1.04. The van der Waals surface area contributed by atoms with Crippen molar-refractivity contribution >= 4 is 12.4 Å². The number of benzene rings is 1. The molecule has 2 rings (SSSR count). The highest BCUT2D eigenvalue weighted by Gasteiger charge is 2.18. The SMILES string of the molecule is Cl.NC1CCN(CCOc2ccccc2F)C1. The van der Waals surface area contributed by atoms with Gasteiger partial charge >= 0.3 is 0 Å². The first-order chi connectivity index (χ1) is 7.75. The van der Waals surface area contributed by atoms with Gasteiger partial charge in [0, 0.05) is 19.1 Å². The van der Waals surface area contributed by atoms with E-state index in [1.165, 1.54) is 6.07 Å². The van der Waals surface area contributed by atoms with Crippen LogP contribution in [0.3, 0.4) is 0 Å². The molecule has 3 nitrogen and oxygen atoms in total. The third kappa shape index (κ3) is 4.15. The van der Waals surface area contributed by atoms with Gasteiger partial charge in [0.1, 0.15) is 6.61 Å². The molecule has 1 aliphatic rings. The van der Waals surface area contributed by atoms with Crippen LogP contribution in [0.25, 0.3) is 0 Å². The van der Waals surface area contributed by atoms with E-state index in [1.807, 2.05) is 0 Å². The molecule has 0 saturated carbocycles. The van der Waals surface area contributed by atoms with E-state index in [0.717, 1.165) is 26.1 Å². The summed E-state index contributed by atoms with van der Waals surface area (Å²) in [5, 5.41) is 0. The fourth-order valence-electron chi connectivity index (χ4n) is 1.91. The Labute approximate surface area is 107 Å². The minimum atomic E-state index is -0.305. The zero-order chi connectivity index (χ0) is 11.4. The van der Waals surface area contributed by atoms with Gasteiger partial charge in [-0.1, -0.05) is 12.1 Å². The average Bonchev–Trinajstić information content (AvgIpc) is 2.67. The van der Waals surface area contributed by atoms with E-state index in [9.17, 15) is 4.39 Å². The second kappa shape index (κ2) is 6.79. The average molecular weight is 261 g/mol. The fourth-order valence-corrected chi connectivity index (χ4v) is 1.91. The van der Waals surface area contributed by atoms with Crippen LogP contribution in [-0.4, -0.2) is 37.2 Å². The number of nitrogens with two attached hydrogens (primary N) is 1. The molecule has 1 atom stereocenters. The van der Waals surface area contributed by atoms with Crippen molar-refractivity contribution in [2.75, 3.05) is 26.2 Å². The molecule has 1 unspecified atom stereocenters. The summed E-state index contributed by atoms with van der Waals surface area (Å²) in [6.45, 7) is 3.25. The third-order valence-electron chi connectivity index (χ3n) is 2.81. The van der Waals surface area contributed by atoms with Gasteiger partial charge in [-0.2, -0.15) is 0 Å². The molecular weight excluding hydrogens is 243 g/mol. The van der Waals surface area contributed by atoms with Crippen molar-refractivity contribution in [1.82, 2.24) is 4.90 Å². The monoisotopic (exact) mass is 260 g/mol. The van der Waals surface area contributed by atoms with Crippen LogP contribution in [0.1, 0.15) is 6.42 Å². The second-order valence-corrected chi connectivity index (χ2v) is 4.13. The van der Waals surface area contributed by atoms with Crippen LogP contribution < -0.4 is 10.5 Å². The number of halogens is 2. The standard InChI is InChI=1S/C12H17FN2O.ClH/c13-11-3-1-2-4-12(11)16-8-7-15-6-5-10(14)9-15;/h1-4,10H,5-9,14H2;1H. The molecule has 1 aromatic rings. The minimum Gasteiger partial charge on any atom is -0.489 e. The van der Waals surface area contributed by atoms with Gasteiger partial charge in [-0.05, 0) is 25.1 Å². The summed E-state index contributed by atoms with van der Waals surface area (Å²) in [4.78, 5) is 2.24. The topological polar surface area (TPSA) is 38.5 Å². The van der Waals surface area contributed by atoms with Gasteiger partial charge in [-0.25, -0.2) is 4.39 Å². The number of hydrogen-bond donors (Lipinski definition) is 1. The Morgan fingerprint density at radius 2 is 2.18 bits per heavy atom. The minimum absolute atomic E-state index is 0. The van der Waals surface area contributed by atoms with Crippen LogP contribution in [0, 0.1) is 5.82 Å². The fraction of sp³-hybridized carbons (Fsp3) is 0.500. The first-order valence-electron chi connectivity index (χ1n) is 5.61. The van der Waals surface area contributed by atoms with Crippen molar-refractivity contribution in [2.24, 2.45) is 5.73 Å². The number of para-hydroxylation sites is 1. The van der Waals surface area contributed by atoms with E-state index in [-0.39, 0.29) is 24.3 Å². The summed E-state index contributed by atoms with van der Waals surface area (Å²) in [7, 11) is 0. The number of hydrogen-bond acceptors (Lipinski definition) is 3. The lowest BCUT2D eigenvalue weighted by atomic mass is 10.3. The van der Waals surface area contributed by atoms with Crippen molar-refractivity contribution < 1.29 is 9.13 Å². The van der Waals surface area contributed by atoms with Gasteiger partial charge in [-0.15, -0.1) is 12.4 Å². The number of ether oxygens (including phenoxy) is 1. The highest BCUT2D eigenvalue weighted by molar-refractivity contribution is 5.85. The maximum absolute atomic E-state index is 13.2. The molecule has 1 fully saturated rings. The molecule has 5 heteroatoms. The molecular formula is C12H18ClFN2O. The largest absolute Gasteiger partial charge is 0.489 e. The molecule has 17 heavy (non-hydrogen) atoms. The molecule has 0 aliphatic carbocycles. The molecule has 1 aromatic carbocycles. The second-order valence-electron chi connectivity index (χ2n) is 4.13. The molecule has 96 valence electrons. The maximum Gasteiger partial charge on any atom is 0.165 e. The van der Waals surface area contributed by atoms with Crippen LogP contribution >= 0.6 is 12.4 Å². The summed E-state index contributed by atoms with van der Waals surface area (Å²) < 4.78 is 18.6. The van der Waals surface area contributed by atoms with Gasteiger partial charge in [0.15, 0.2) is 11.6 Å². The van der Waals surface area contributed by atoms with Gasteiger partial charge in [0.05, 0.1) is 0 Å². The number of likely N-dealkylation sites (tertiary alicyclic amines) is 1. The molecule has 1 heterocycles. The highest BCUT2D eigenvalue weighted by Crippen LogP contribution is 2.15. The Bertz CT molecular complexity index is 351. The normalized spacial score (nSPS) is 20.0. The van der Waals surface area contributed by atoms with Crippen molar-refractivity contribution in [3.63, 3.8) is 0 Å². The van der Waals surface area contributed by atoms with Crippen molar-refractivity contribution in [2.45, 2.75) is 12.5 Å². The van der Waals surface area contributed by atoms with Gasteiger partial charge < -0.3 is 10.5 Å². The Morgan fingerprint density at radius 3 is 2.82 bits per heavy atom. The summed E-state index contributed by atoms with van der Waals surface area (Å²) in [5.74, 6) is 0.0200. The first kappa shape index (κ1) is 14.2. The Hall–Kier alpha value is -0.840. The Kier molecular flexibility index (Phi) is 5.68. The van der Waals surface area contributed by atoms with Gasteiger partial charge in [-0.3, -0.25) is 4.90 Å². The van der Waals surface area contributed by atoms with Gasteiger partial charge in [0.25, 0.3) is 0 Å². The third-order valence-corrected chi connectivity index (χ3v) is 2.81. The van der Waals surface area contributed by atoms with Gasteiger partial charge in [0.2, 0.25) is 0 Å². The van der Waals surface area contributed by atoms with E-state index >= 15 is 0 Å². The molecule has 0 spiro atoms. The van der Waals surface area contributed by atoms with Crippen molar-refractivity contribution in [1.29, 1.82) is 0 Å². The molecule has 0 amide bonds. The van der Waals surface area contributed by atoms with Crippen molar-refractivity contribution in [3.05, 3.63) is 30.1 Å². The summed E-state index contributed by atoms with van der Waals surface area (Å²) >= 11 is 0. The molecule has 0 bridgehead atoms. The predicted molar refractivity (Wildman–Crippen MR) is 68.2 cm³/mol. The van der Waals surface area contributed by atoms with Crippen LogP contribution in [0.5, 0.6) is 5.75 Å². The highest BCUT2D eigenvalue weighted by atomic mass is 35.5. The summed E-state index contributed by atoms with van der Waals surface area (Å²) in [6, 6.07) is 6.76. The quantitative estimate of drug-likeness (QED) is 0.895. The van der Waals surface area contributed by atoms with Crippen LogP contribution in [0.15, 0.2) is 24.3 Å². The molecule has 0 aromatic heterocycles. The molecule has 1 saturated heterocycles. The van der Waals surface area contributed by atoms with E-state index in [0.29, 0.717) is 12.4 Å². The predicted octanol–water partition coefficient (Wildman–Crippen LogP) is 1.66. The first-order valence-corrected chi connectivity index (χ1v) is 5.61. The molecule has 0 radical (unpaired) electrons. The van der Waals surface area contributed by atoms with Crippen LogP contribution in [0.4, 0.5) is 4.39 Å². The van der Waals surface area contributed by atoms with E-state index in [4.69, 9.17) is 10.5 Å². The van der Waals surface area contributed by atoms with E-state index in [2.05, 4.69) is 4.90 Å². The lowest BCUT2D eigenvalue weighted by molar-refractivity contribution is 0.230. The van der Waals surface area contributed by atoms with E-state index < -0.39 is 0 Å². The van der Waals surface area contributed by atoms with E-state index in [1.54, 1.807) is 18.2 Å². The lowest BCUT2D eigenvalue weighted by Crippen LogP contribution is -2.29. The molecule has 1 aliphatic heterocycles. The zero-order valence-electron chi connectivity index (χ0n) is 9.64. The maximum atomic E-state index is 13.2. The van der Waals surface area contributed by atoms with Crippen LogP contribution in [-0.2, 0) is 0 Å². The lowest BCUT2D eigenvalue weighted by Gasteiger charge is -2.15. The Morgan fingerprint density at radius 1 is 1.41 bits per heavy atom.